The molecule has 0 bridgehead atoms. The largest absolute Gasteiger partial charge is 0.463 e. The number of esters is 1. The summed E-state index contributed by atoms with van der Waals surface area (Å²) in [6.45, 7) is 0.372. The van der Waals surface area contributed by atoms with Gasteiger partial charge in [-0.1, -0.05) is 0 Å². The first kappa shape index (κ1) is 13.2. The van der Waals surface area contributed by atoms with Crippen molar-refractivity contribution in [2.75, 3.05) is 13.7 Å². The molecule has 0 radical (unpaired) electrons. The topological polar surface area (TPSA) is 83.0 Å². The Labute approximate surface area is 116 Å². The summed E-state index contributed by atoms with van der Waals surface area (Å²) >= 11 is 4.96. The van der Waals surface area contributed by atoms with Crippen LogP contribution in [0.3, 0.4) is 0 Å². The van der Waals surface area contributed by atoms with E-state index >= 15 is 0 Å². The van der Waals surface area contributed by atoms with Crippen LogP contribution in [-0.4, -0.2) is 34.4 Å². The smallest absolute Gasteiger partial charge is 0.377 e. The molecule has 0 aliphatic carbocycles. The minimum atomic E-state index is -0.558. The Morgan fingerprint density at radius 1 is 1.72 bits per heavy atom. The highest BCUT2D eigenvalue weighted by molar-refractivity contribution is 9.10. The molecule has 2 N–H and O–H groups in total. The summed E-state index contributed by atoms with van der Waals surface area (Å²) in [5, 5.41) is 6.05. The number of nitrogens with two attached hydrogens (primary N) is 1. The van der Waals surface area contributed by atoms with E-state index in [0.717, 1.165) is 9.35 Å². The number of carbonyl (C=O) groups is 1. The first-order valence-corrected chi connectivity index (χ1v) is 6.76. The van der Waals surface area contributed by atoms with Crippen LogP contribution in [0.15, 0.2) is 22.2 Å². The Morgan fingerprint density at radius 2 is 2.50 bits per heavy atom. The molecule has 0 aromatic carbocycles. The fourth-order valence-corrected chi connectivity index (χ4v) is 3.02. The van der Waals surface area contributed by atoms with E-state index in [2.05, 4.69) is 30.7 Å². The van der Waals surface area contributed by atoms with Gasteiger partial charge < -0.3 is 10.5 Å². The highest BCUT2D eigenvalue weighted by atomic mass is 79.9. The van der Waals surface area contributed by atoms with Gasteiger partial charge in [0.15, 0.2) is 0 Å². The Kier molecular flexibility index (Phi) is 4.10. The van der Waals surface area contributed by atoms with E-state index < -0.39 is 5.97 Å². The highest BCUT2D eigenvalue weighted by Gasteiger charge is 2.18. The molecule has 8 heteroatoms. The lowest BCUT2D eigenvalue weighted by atomic mass is 10.2. The van der Waals surface area contributed by atoms with Crippen molar-refractivity contribution in [3.8, 4) is 0 Å². The number of ether oxygens (including phenoxy) is 1. The molecule has 2 aromatic heterocycles. The molecule has 0 aliphatic rings. The average Bonchev–Trinajstić information content (AvgIpc) is 2.99. The number of rotatable bonds is 4. The van der Waals surface area contributed by atoms with Gasteiger partial charge in [0.1, 0.15) is 12.4 Å². The lowest BCUT2D eigenvalue weighted by Crippen LogP contribution is -2.20. The van der Waals surface area contributed by atoms with Crippen molar-refractivity contribution in [2.45, 2.75) is 6.04 Å². The first-order valence-electron chi connectivity index (χ1n) is 5.09. The van der Waals surface area contributed by atoms with Gasteiger partial charge in [0.25, 0.3) is 5.82 Å². The summed E-state index contributed by atoms with van der Waals surface area (Å²) in [7, 11) is 1.29. The molecule has 0 amide bonds. The van der Waals surface area contributed by atoms with Crippen LogP contribution in [0.5, 0.6) is 0 Å². The van der Waals surface area contributed by atoms with Gasteiger partial charge in [-0.25, -0.2) is 14.5 Å². The fraction of sp³-hybridized carbons (Fsp3) is 0.300. The Bertz CT molecular complexity index is 554. The van der Waals surface area contributed by atoms with E-state index in [4.69, 9.17) is 5.73 Å². The van der Waals surface area contributed by atoms with Crippen LogP contribution in [0, 0.1) is 0 Å². The number of thiophene rings is 1. The number of nitrogens with zero attached hydrogens (tertiary/aromatic N) is 3. The molecule has 1 unspecified atom stereocenters. The van der Waals surface area contributed by atoms with Crippen molar-refractivity contribution in [3.63, 3.8) is 0 Å². The van der Waals surface area contributed by atoms with Crippen LogP contribution < -0.4 is 5.73 Å². The Hall–Kier alpha value is -1.25. The van der Waals surface area contributed by atoms with E-state index in [-0.39, 0.29) is 11.9 Å². The van der Waals surface area contributed by atoms with Crippen molar-refractivity contribution < 1.29 is 9.53 Å². The summed E-state index contributed by atoms with van der Waals surface area (Å²) in [5.41, 5.74) is 5.75. The fourth-order valence-electron chi connectivity index (χ4n) is 1.47. The van der Waals surface area contributed by atoms with E-state index in [1.165, 1.54) is 13.4 Å². The molecule has 2 rings (SSSR count). The number of hydrogen-bond donors (Lipinski definition) is 1. The maximum Gasteiger partial charge on any atom is 0.377 e. The molecule has 0 spiro atoms. The van der Waals surface area contributed by atoms with Gasteiger partial charge in [0.2, 0.25) is 0 Å². The van der Waals surface area contributed by atoms with Gasteiger partial charge in [-0.3, -0.25) is 0 Å². The third-order valence-corrected chi connectivity index (χ3v) is 4.13. The number of halogens is 1. The predicted octanol–water partition coefficient (Wildman–Crippen LogP) is 1.44. The predicted molar refractivity (Wildman–Crippen MR) is 70.6 cm³/mol. The molecule has 6 nitrogen and oxygen atoms in total. The molecule has 0 fully saturated rings. The standard InChI is InChI=1S/C10H11BrN4O2S/c1-17-10(16)9-13-5-15(14-9)7(3-12)8-2-6(11)4-18-8/h2,4-5,7H,3,12H2,1H3. The number of hydrogen-bond acceptors (Lipinski definition) is 6. The van der Waals surface area contributed by atoms with Crippen molar-refractivity contribution in [2.24, 2.45) is 5.73 Å². The van der Waals surface area contributed by atoms with E-state index in [1.807, 2.05) is 11.4 Å². The number of carbonyl (C=O) groups excluding carboxylic acids is 1. The molecule has 2 heterocycles. The average molecular weight is 331 g/mol. The summed E-state index contributed by atoms with van der Waals surface area (Å²) in [4.78, 5) is 16.2. The van der Waals surface area contributed by atoms with Crippen LogP contribution in [0.1, 0.15) is 21.5 Å². The second kappa shape index (κ2) is 5.59. The van der Waals surface area contributed by atoms with E-state index in [9.17, 15) is 4.79 Å². The zero-order chi connectivity index (χ0) is 13.1. The minimum absolute atomic E-state index is 0.0339. The molecule has 18 heavy (non-hydrogen) atoms. The van der Waals surface area contributed by atoms with Gasteiger partial charge in [-0.05, 0) is 22.0 Å². The Balaban J connectivity index is 2.28. The van der Waals surface area contributed by atoms with Crippen molar-refractivity contribution in [3.05, 3.63) is 32.9 Å². The lowest BCUT2D eigenvalue weighted by Gasteiger charge is -2.12. The SMILES string of the molecule is COC(=O)c1ncn(C(CN)c2cc(Br)cs2)n1. The first-order chi connectivity index (χ1) is 8.65. The second-order valence-electron chi connectivity index (χ2n) is 3.46. The monoisotopic (exact) mass is 330 g/mol. The molecule has 0 saturated heterocycles. The van der Waals surface area contributed by atoms with Gasteiger partial charge in [0.05, 0.1) is 7.11 Å². The molecule has 1 atom stereocenters. The van der Waals surface area contributed by atoms with Crippen molar-refractivity contribution in [1.29, 1.82) is 0 Å². The van der Waals surface area contributed by atoms with Gasteiger partial charge in [-0.15, -0.1) is 16.4 Å². The van der Waals surface area contributed by atoms with E-state index in [1.54, 1.807) is 16.0 Å². The van der Waals surface area contributed by atoms with Crippen LogP contribution in [0.2, 0.25) is 0 Å². The van der Waals surface area contributed by atoms with Crippen molar-refractivity contribution >= 4 is 33.2 Å². The van der Waals surface area contributed by atoms with Crippen LogP contribution in [0.25, 0.3) is 0 Å². The van der Waals surface area contributed by atoms with Crippen LogP contribution in [-0.2, 0) is 4.74 Å². The third kappa shape index (κ3) is 2.60. The summed E-state index contributed by atoms with van der Waals surface area (Å²) in [6, 6.07) is 1.84. The lowest BCUT2D eigenvalue weighted by molar-refractivity contribution is 0.0586. The third-order valence-electron chi connectivity index (χ3n) is 2.34. The quantitative estimate of drug-likeness (QED) is 0.857. The van der Waals surface area contributed by atoms with E-state index in [0.29, 0.717) is 6.54 Å². The summed E-state index contributed by atoms with van der Waals surface area (Å²) < 4.78 is 7.13. The number of aromatic nitrogens is 3. The zero-order valence-electron chi connectivity index (χ0n) is 9.54. The molecular weight excluding hydrogens is 320 g/mol. The normalized spacial score (nSPS) is 12.4. The summed E-state index contributed by atoms with van der Waals surface area (Å²) in [5.74, 6) is -0.525. The second-order valence-corrected chi connectivity index (χ2v) is 5.32. The van der Waals surface area contributed by atoms with Gasteiger partial charge in [0, 0.05) is 21.3 Å². The van der Waals surface area contributed by atoms with Gasteiger partial charge >= 0.3 is 5.97 Å². The zero-order valence-corrected chi connectivity index (χ0v) is 11.9. The van der Waals surface area contributed by atoms with Gasteiger partial charge in [-0.2, -0.15) is 0 Å². The van der Waals surface area contributed by atoms with Crippen molar-refractivity contribution in [1.82, 2.24) is 14.8 Å². The van der Waals surface area contributed by atoms with Crippen LogP contribution >= 0.6 is 27.3 Å². The molecule has 0 saturated carbocycles. The summed E-state index contributed by atoms with van der Waals surface area (Å²) in [6.07, 6.45) is 1.48. The molecule has 0 aliphatic heterocycles. The maximum absolute atomic E-state index is 11.3. The molecule has 96 valence electrons. The highest BCUT2D eigenvalue weighted by Crippen LogP contribution is 2.27. The molecule has 2 aromatic rings. The number of methoxy groups -OCH3 is 1. The minimum Gasteiger partial charge on any atom is -0.463 e. The van der Waals surface area contributed by atoms with Crippen LogP contribution in [0.4, 0.5) is 0 Å². The Morgan fingerprint density at radius 3 is 3.06 bits per heavy atom. The maximum atomic E-state index is 11.3. The molecular formula is C10H11BrN4O2S.